The molecule has 0 bridgehead atoms. The van der Waals surface area contributed by atoms with Crippen molar-refractivity contribution in [3.05, 3.63) is 41.4 Å². The minimum absolute atomic E-state index is 0.00928. The summed E-state index contributed by atoms with van der Waals surface area (Å²) >= 11 is 5.91. The van der Waals surface area contributed by atoms with Gasteiger partial charge in [-0.25, -0.2) is 16.8 Å². The van der Waals surface area contributed by atoms with E-state index in [-0.39, 0.29) is 22.9 Å². The number of nitrogens with zero attached hydrogens (tertiary/aromatic N) is 1. The van der Waals surface area contributed by atoms with E-state index < -0.39 is 25.9 Å². The molecule has 1 aliphatic heterocycles. The monoisotopic (exact) mass is 363 g/mol. The average molecular weight is 364 g/mol. The van der Waals surface area contributed by atoms with Crippen LogP contribution in [0.15, 0.2) is 35.7 Å². The third-order valence-electron chi connectivity index (χ3n) is 3.66. The largest absolute Gasteiger partial charge is 0.243 e. The first-order chi connectivity index (χ1) is 10.2. The zero-order valence-electron chi connectivity index (χ0n) is 12.2. The van der Waals surface area contributed by atoms with Crippen molar-refractivity contribution in [1.29, 1.82) is 0 Å². The van der Waals surface area contributed by atoms with Crippen molar-refractivity contribution >= 4 is 31.5 Å². The number of rotatable bonds is 5. The molecule has 1 fully saturated rings. The van der Waals surface area contributed by atoms with Crippen LogP contribution in [0.4, 0.5) is 0 Å². The van der Waals surface area contributed by atoms with Crippen LogP contribution in [0.5, 0.6) is 0 Å². The van der Waals surface area contributed by atoms with Gasteiger partial charge in [-0.2, -0.15) is 4.31 Å². The Balaban J connectivity index is 2.47. The van der Waals surface area contributed by atoms with E-state index in [2.05, 4.69) is 6.58 Å². The molecule has 0 aromatic heterocycles. The number of benzene rings is 1. The van der Waals surface area contributed by atoms with Crippen molar-refractivity contribution in [3.8, 4) is 0 Å². The quantitative estimate of drug-likeness (QED) is 0.750. The lowest BCUT2D eigenvalue weighted by Gasteiger charge is -2.27. The maximum atomic E-state index is 12.9. The van der Waals surface area contributed by atoms with Crippen LogP contribution in [0.25, 0.3) is 0 Å². The molecule has 0 aliphatic carbocycles. The number of sulfonamides is 1. The Morgan fingerprint density at radius 2 is 2.14 bits per heavy atom. The van der Waals surface area contributed by atoms with Crippen molar-refractivity contribution < 1.29 is 16.8 Å². The Bertz CT molecular complexity index is 787. The number of hydrogen-bond acceptors (Lipinski definition) is 4. The van der Waals surface area contributed by atoms with E-state index in [1.54, 1.807) is 19.1 Å². The van der Waals surface area contributed by atoms with E-state index >= 15 is 0 Å². The Hall–Kier alpha value is -0.890. The van der Waals surface area contributed by atoms with E-state index in [0.29, 0.717) is 17.0 Å². The third-order valence-corrected chi connectivity index (χ3v) is 7.71. The van der Waals surface area contributed by atoms with Gasteiger partial charge in [0.25, 0.3) is 0 Å². The molecule has 0 radical (unpaired) electrons. The van der Waals surface area contributed by atoms with Crippen LogP contribution in [0.3, 0.4) is 0 Å². The molecular formula is C14H18ClNO4S2. The van der Waals surface area contributed by atoms with E-state index in [4.69, 9.17) is 11.6 Å². The van der Waals surface area contributed by atoms with Gasteiger partial charge < -0.3 is 0 Å². The molecule has 22 heavy (non-hydrogen) atoms. The summed E-state index contributed by atoms with van der Waals surface area (Å²) in [5.74, 6) is -0.144. The first-order valence-electron chi connectivity index (χ1n) is 6.77. The number of hydrogen-bond donors (Lipinski definition) is 0. The fraction of sp³-hybridized carbons (Fsp3) is 0.429. The van der Waals surface area contributed by atoms with Gasteiger partial charge in [-0.05, 0) is 31.0 Å². The van der Waals surface area contributed by atoms with Gasteiger partial charge in [-0.15, -0.1) is 6.58 Å². The van der Waals surface area contributed by atoms with E-state index in [0.717, 1.165) is 0 Å². The van der Waals surface area contributed by atoms with Crippen LogP contribution in [0.1, 0.15) is 12.0 Å². The highest BCUT2D eigenvalue weighted by Crippen LogP contribution is 2.28. The summed E-state index contributed by atoms with van der Waals surface area (Å²) < 4.78 is 50.4. The first-order valence-corrected chi connectivity index (χ1v) is 10.4. The third kappa shape index (κ3) is 3.53. The second-order valence-corrected chi connectivity index (χ2v) is 9.85. The molecule has 1 aliphatic rings. The van der Waals surface area contributed by atoms with Crippen LogP contribution in [0.2, 0.25) is 5.02 Å². The highest BCUT2D eigenvalue weighted by atomic mass is 35.5. The summed E-state index contributed by atoms with van der Waals surface area (Å²) in [5, 5.41) is 0.321. The van der Waals surface area contributed by atoms with Gasteiger partial charge in [0.15, 0.2) is 9.84 Å². The standard InChI is InChI=1S/C14H18ClNO4S2/c1-3-7-16(13-6-8-21(17,18)10-13)22(19,20)14-9-12(15)5-4-11(14)2/h3-5,9,13H,1,6-8,10H2,2H3/t13-/m0/s1. The van der Waals surface area contributed by atoms with Gasteiger partial charge in [-0.3, -0.25) is 0 Å². The van der Waals surface area contributed by atoms with Crippen LogP contribution in [-0.2, 0) is 19.9 Å². The normalized spacial score (nSPS) is 21.1. The van der Waals surface area contributed by atoms with Crippen molar-refractivity contribution in [2.45, 2.75) is 24.3 Å². The van der Waals surface area contributed by atoms with E-state index in [1.165, 1.54) is 16.4 Å². The van der Waals surface area contributed by atoms with Crippen LogP contribution in [0, 0.1) is 6.92 Å². The summed E-state index contributed by atoms with van der Waals surface area (Å²) in [5.41, 5.74) is 0.569. The van der Waals surface area contributed by atoms with Crippen LogP contribution >= 0.6 is 11.6 Å². The number of sulfone groups is 1. The zero-order valence-corrected chi connectivity index (χ0v) is 14.6. The minimum Gasteiger partial charge on any atom is -0.229 e. The Morgan fingerprint density at radius 3 is 2.68 bits per heavy atom. The maximum absolute atomic E-state index is 12.9. The summed E-state index contributed by atoms with van der Waals surface area (Å²) in [6.45, 7) is 5.32. The Morgan fingerprint density at radius 1 is 1.45 bits per heavy atom. The zero-order chi connectivity index (χ0) is 16.5. The second kappa shape index (κ2) is 6.31. The first kappa shape index (κ1) is 17.5. The number of halogens is 1. The molecular weight excluding hydrogens is 346 g/mol. The summed E-state index contributed by atoms with van der Waals surface area (Å²) in [6, 6.07) is 4.08. The van der Waals surface area contributed by atoms with Crippen LogP contribution < -0.4 is 0 Å². The molecule has 1 atom stereocenters. The van der Waals surface area contributed by atoms with Gasteiger partial charge in [0.2, 0.25) is 10.0 Å². The molecule has 5 nitrogen and oxygen atoms in total. The molecule has 0 N–H and O–H groups in total. The lowest BCUT2D eigenvalue weighted by Crippen LogP contribution is -2.41. The molecule has 122 valence electrons. The summed E-state index contributed by atoms with van der Waals surface area (Å²) in [4.78, 5) is 0.103. The Labute approximate surface area is 136 Å². The van der Waals surface area contributed by atoms with Gasteiger partial charge in [0.1, 0.15) is 0 Å². The maximum Gasteiger partial charge on any atom is 0.243 e. The molecule has 0 saturated carbocycles. The molecule has 1 aromatic carbocycles. The summed E-state index contributed by atoms with van der Waals surface area (Å²) in [7, 11) is -7.02. The van der Waals surface area contributed by atoms with E-state index in [1.807, 2.05) is 0 Å². The van der Waals surface area contributed by atoms with Gasteiger partial charge in [0, 0.05) is 17.6 Å². The molecule has 1 heterocycles. The fourth-order valence-corrected chi connectivity index (χ4v) is 6.49. The van der Waals surface area contributed by atoms with Gasteiger partial charge >= 0.3 is 0 Å². The number of aryl methyl sites for hydroxylation is 1. The fourth-order valence-electron chi connectivity index (χ4n) is 2.55. The average Bonchev–Trinajstić information content (AvgIpc) is 2.78. The van der Waals surface area contributed by atoms with Crippen molar-refractivity contribution in [2.75, 3.05) is 18.1 Å². The smallest absolute Gasteiger partial charge is 0.229 e. The van der Waals surface area contributed by atoms with Crippen molar-refractivity contribution in [1.82, 2.24) is 4.31 Å². The van der Waals surface area contributed by atoms with Crippen molar-refractivity contribution in [3.63, 3.8) is 0 Å². The van der Waals surface area contributed by atoms with E-state index in [9.17, 15) is 16.8 Å². The minimum atomic E-state index is -3.84. The van der Waals surface area contributed by atoms with Crippen LogP contribution in [-0.4, -0.2) is 45.2 Å². The molecule has 1 aromatic rings. The highest BCUT2D eigenvalue weighted by molar-refractivity contribution is 7.92. The highest BCUT2D eigenvalue weighted by Gasteiger charge is 2.38. The second-order valence-electron chi connectivity index (χ2n) is 5.33. The predicted molar refractivity (Wildman–Crippen MR) is 87.3 cm³/mol. The lowest BCUT2D eigenvalue weighted by atomic mass is 10.2. The van der Waals surface area contributed by atoms with Gasteiger partial charge in [-0.1, -0.05) is 23.7 Å². The Kier molecular flexibility index (Phi) is 5.01. The summed E-state index contributed by atoms with van der Waals surface area (Å²) in [6.07, 6.45) is 1.76. The molecule has 0 unspecified atom stereocenters. The molecule has 2 rings (SSSR count). The lowest BCUT2D eigenvalue weighted by molar-refractivity contribution is 0.367. The molecule has 1 saturated heterocycles. The SMILES string of the molecule is C=CCN([C@H]1CCS(=O)(=O)C1)S(=O)(=O)c1cc(Cl)ccc1C. The molecule has 0 spiro atoms. The molecule has 0 amide bonds. The predicted octanol–water partition coefficient (Wildman–Crippen LogP) is 2.01. The van der Waals surface area contributed by atoms with Crippen molar-refractivity contribution in [2.24, 2.45) is 0 Å². The topological polar surface area (TPSA) is 71.5 Å². The van der Waals surface area contributed by atoms with Gasteiger partial charge in [0.05, 0.1) is 16.4 Å². The molecule has 8 heteroatoms.